The number of carbonyl (C=O) groups excluding carboxylic acids is 2. The van der Waals surface area contributed by atoms with E-state index in [1.54, 1.807) is 13.0 Å². The minimum absolute atomic E-state index is 0.0359. The SMILES string of the molecule is CC1=C(C(=O)OCC2CCCCC2)[C@H](c2c(F)cccc2Cl)CC(=O)N1. The predicted octanol–water partition coefficient (Wildman–Crippen LogP) is 4.48. The second kappa shape index (κ2) is 8.21. The lowest BCUT2D eigenvalue weighted by Gasteiger charge is -2.28. The van der Waals surface area contributed by atoms with E-state index in [0.29, 0.717) is 18.2 Å². The molecule has 0 aromatic heterocycles. The number of rotatable bonds is 4. The number of benzene rings is 1. The molecule has 1 amide bonds. The summed E-state index contributed by atoms with van der Waals surface area (Å²) in [5.41, 5.74) is 0.861. The fourth-order valence-corrected chi connectivity index (χ4v) is 4.18. The van der Waals surface area contributed by atoms with Crippen LogP contribution in [-0.2, 0) is 14.3 Å². The Bertz CT molecular complexity index is 720. The number of hydrogen-bond donors (Lipinski definition) is 1. The quantitative estimate of drug-likeness (QED) is 0.785. The number of esters is 1. The highest BCUT2D eigenvalue weighted by atomic mass is 35.5. The van der Waals surface area contributed by atoms with Gasteiger partial charge in [-0.3, -0.25) is 4.79 Å². The highest BCUT2D eigenvalue weighted by molar-refractivity contribution is 6.31. The van der Waals surface area contributed by atoms with Gasteiger partial charge < -0.3 is 10.1 Å². The summed E-state index contributed by atoms with van der Waals surface area (Å²) in [6, 6.07) is 4.35. The molecule has 3 rings (SSSR count). The molecule has 1 saturated carbocycles. The molecule has 2 aliphatic rings. The van der Waals surface area contributed by atoms with E-state index in [9.17, 15) is 14.0 Å². The second-order valence-electron chi connectivity index (χ2n) is 7.08. The average Bonchev–Trinajstić information content (AvgIpc) is 2.60. The lowest BCUT2D eigenvalue weighted by atomic mass is 9.84. The van der Waals surface area contributed by atoms with Crippen molar-refractivity contribution in [3.63, 3.8) is 0 Å². The molecule has 1 aliphatic carbocycles. The molecule has 0 bridgehead atoms. The first kappa shape index (κ1) is 18.9. The van der Waals surface area contributed by atoms with Crippen molar-refractivity contribution in [2.24, 2.45) is 5.92 Å². The van der Waals surface area contributed by atoms with Gasteiger partial charge in [0.1, 0.15) is 5.82 Å². The number of carbonyl (C=O) groups is 2. The summed E-state index contributed by atoms with van der Waals surface area (Å²) >= 11 is 6.18. The summed E-state index contributed by atoms with van der Waals surface area (Å²) < 4.78 is 20.0. The minimum atomic E-state index is -0.740. The van der Waals surface area contributed by atoms with E-state index in [1.165, 1.54) is 18.6 Å². The van der Waals surface area contributed by atoms with Gasteiger partial charge in [0.2, 0.25) is 5.91 Å². The molecule has 4 nitrogen and oxygen atoms in total. The van der Waals surface area contributed by atoms with Gasteiger partial charge >= 0.3 is 5.97 Å². The Hall–Kier alpha value is -1.88. The zero-order valence-corrected chi connectivity index (χ0v) is 15.6. The van der Waals surface area contributed by atoms with E-state index >= 15 is 0 Å². The molecular formula is C20H23ClFNO3. The van der Waals surface area contributed by atoms with Crippen molar-refractivity contribution in [3.8, 4) is 0 Å². The molecule has 1 N–H and O–H groups in total. The van der Waals surface area contributed by atoms with Gasteiger partial charge in [-0.2, -0.15) is 0 Å². The summed E-state index contributed by atoms with van der Waals surface area (Å²) in [6.45, 7) is 2.00. The van der Waals surface area contributed by atoms with E-state index in [1.807, 2.05) is 0 Å². The Morgan fingerprint density at radius 2 is 2.04 bits per heavy atom. The van der Waals surface area contributed by atoms with Gasteiger partial charge in [0.25, 0.3) is 0 Å². The van der Waals surface area contributed by atoms with Crippen LogP contribution in [-0.4, -0.2) is 18.5 Å². The molecule has 140 valence electrons. The third kappa shape index (κ3) is 4.09. The summed E-state index contributed by atoms with van der Waals surface area (Å²) in [6.07, 6.45) is 5.64. The maximum absolute atomic E-state index is 14.4. The van der Waals surface area contributed by atoms with Gasteiger partial charge in [0.05, 0.1) is 12.2 Å². The fourth-order valence-electron chi connectivity index (χ4n) is 3.89. The lowest BCUT2D eigenvalue weighted by Crippen LogP contribution is -2.35. The van der Waals surface area contributed by atoms with E-state index < -0.39 is 17.7 Å². The van der Waals surface area contributed by atoms with Crippen LogP contribution in [0.15, 0.2) is 29.5 Å². The Balaban J connectivity index is 1.84. The van der Waals surface area contributed by atoms with Gasteiger partial charge in [-0.1, -0.05) is 36.9 Å². The van der Waals surface area contributed by atoms with Gasteiger partial charge in [-0.05, 0) is 37.8 Å². The Kier molecular flexibility index (Phi) is 5.97. The molecule has 1 aromatic carbocycles. The molecule has 0 spiro atoms. The maximum atomic E-state index is 14.4. The predicted molar refractivity (Wildman–Crippen MR) is 97.1 cm³/mol. The first-order valence-corrected chi connectivity index (χ1v) is 9.46. The Morgan fingerprint density at radius 3 is 2.73 bits per heavy atom. The van der Waals surface area contributed by atoms with Crippen LogP contribution in [0.25, 0.3) is 0 Å². The second-order valence-corrected chi connectivity index (χ2v) is 7.49. The van der Waals surface area contributed by atoms with Crippen molar-refractivity contribution in [2.45, 2.75) is 51.4 Å². The number of nitrogens with one attached hydrogen (secondary N) is 1. The Labute approximate surface area is 157 Å². The zero-order valence-electron chi connectivity index (χ0n) is 14.8. The topological polar surface area (TPSA) is 55.4 Å². The van der Waals surface area contributed by atoms with Crippen LogP contribution >= 0.6 is 11.6 Å². The minimum Gasteiger partial charge on any atom is -0.462 e. The van der Waals surface area contributed by atoms with Crippen molar-refractivity contribution in [1.82, 2.24) is 5.32 Å². The van der Waals surface area contributed by atoms with Crippen molar-refractivity contribution >= 4 is 23.5 Å². The number of hydrogen-bond acceptors (Lipinski definition) is 3. The molecule has 0 radical (unpaired) electrons. The number of halogens is 2. The molecule has 1 fully saturated rings. The summed E-state index contributed by atoms with van der Waals surface area (Å²) in [5.74, 6) is -1.66. The van der Waals surface area contributed by atoms with Crippen LogP contribution in [0.2, 0.25) is 5.02 Å². The van der Waals surface area contributed by atoms with Gasteiger partial charge in [0, 0.05) is 28.6 Å². The molecule has 1 aromatic rings. The third-order valence-corrected chi connectivity index (χ3v) is 5.54. The van der Waals surface area contributed by atoms with E-state index in [2.05, 4.69) is 5.32 Å². The van der Waals surface area contributed by atoms with Crippen LogP contribution < -0.4 is 5.32 Å². The molecule has 6 heteroatoms. The molecule has 1 aliphatic heterocycles. The van der Waals surface area contributed by atoms with Crippen LogP contribution in [0.3, 0.4) is 0 Å². The highest BCUT2D eigenvalue weighted by Gasteiger charge is 2.35. The lowest BCUT2D eigenvalue weighted by molar-refractivity contribution is -0.141. The molecular weight excluding hydrogens is 357 g/mol. The number of ether oxygens (including phenoxy) is 1. The van der Waals surface area contributed by atoms with Gasteiger partial charge in [-0.15, -0.1) is 0 Å². The molecule has 0 unspecified atom stereocenters. The molecule has 1 heterocycles. The summed E-state index contributed by atoms with van der Waals surface area (Å²) in [5, 5.41) is 2.86. The van der Waals surface area contributed by atoms with Crippen molar-refractivity contribution < 1.29 is 18.7 Å². The summed E-state index contributed by atoms with van der Waals surface area (Å²) in [7, 11) is 0. The van der Waals surface area contributed by atoms with Gasteiger partial charge in [-0.25, -0.2) is 9.18 Å². The maximum Gasteiger partial charge on any atom is 0.336 e. The first-order chi connectivity index (χ1) is 12.5. The highest BCUT2D eigenvalue weighted by Crippen LogP contribution is 2.38. The van der Waals surface area contributed by atoms with Gasteiger partial charge in [0.15, 0.2) is 0 Å². The molecule has 1 atom stereocenters. The Morgan fingerprint density at radius 1 is 1.31 bits per heavy atom. The van der Waals surface area contributed by atoms with E-state index in [0.717, 1.165) is 25.7 Å². The summed E-state index contributed by atoms with van der Waals surface area (Å²) in [4.78, 5) is 24.8. The third-order valence-electron chi connectivity index (χ3n) is 5.21. The van der Waals surface area contributed by atoms with E-state index in [-0.39, 0.29) is 28.5 Å². The zero-order chi connectivity index (χ0) is 18.7. The van der Waals surface area contributed by atoms with Crippen LogP contribution in [0.1, 0.15) is 56.9 Å². The van der Waals surface area contributed by atoms with Crippen molar-refractivity contribution in [2.75, 3.05) is 6.61 Å². The normalized spacial score (nSPS) is 21.5. The van der Waals surface area contributed by atoms with Crippen molar-refractivity contribution in [3.05, 3.63) is 45.9 Å². The van der Waals surface area contributed by atoms with Crippen LogP contribution in [0.4, 0.5) is 4.39 Å². The largest absolute Gasteiger partial charge is 0.462 e. The first-order valence-electron chi connectivity index (χ1n) is 9.09. The standard InChI is InChI=1S/C20H23ClFNO3/c1-12-18(20(25)26-11-13-6-3-2-4-7-13)14(10-17(24)23-12)19-15(21)8-5-9-16(19)22/h5,8-9,13-14H,2-4,6-7,10-11H2,1H3,(H,23,24)/t14-/m1/s1. The van der Waals surface area contributed by atoms with Crippen LogP contribution in [0.5, 0.6) is 0 Å². The molecule has 0 saturated heterocycles. The molecule has 26 heavy (non-hydrogen) atoms. The fraction of sp³-hybridized carbons (Fsp3) is 0.500. The average molecular weight is 380 g/mol. The smallest absolute Gasteiger partial charge is 0.336 e. The van der Waals surface area contributed by atoms with E-state index in [4.69, 9.17) is 16.3 Å². The number of amides is 1. The monoisotopic (exact) mass is 379 g/mol. The van der Waals surface area contributed by atoms with Crippen molar-refractivity contribution in [1.29, 1.82) is 0 Å². The number of allylic oxidation sites excluding steroid dienone is 1. The van der Waals surface area contributed by atoms with Crippen LogP contribution in [0, 0.1) is 11.7 Å².